The summed E-state index contributed by atoms with van der Waals surface area (Å²) in [6, 6.07) is 17.2. The molecule has 0 saturated carbocycles. The number of methoxy groups -OCH3 is 1. The van der Waals surface area contributed by atoms with E-state index in [2.05, 4.69) is 16.7 Å². The summed E-state index contributed by atoms with van der Waals surface area (Å²) in [7, 11) is 3.44. The van der Waals surface area contributed by atoms with Crippen LogP contribution in [0.15, 0.2) is 85.1 Å². The first-order chi connectivity index (χ1) is 18.5. The van der Waals surface area contributed by atoms with Gasteiger partial charge < -0.3 is 24.7 Å². The van der Waals surface area contributed by atoms with Crippen LogP contribution in [-0.4, -0.2) is 49.2 Å². The summed E-state index contributed by atoms with van der Waals surface area (Å²) in [5.41, 5.74) is 3.03. The summed E-state index contributed by atoms with van der Waals surface area (Å²) in [6.45, 7) is 2.88. The molecule has 2 aromatic carbocycles. The predicted molar refractivity (Wildman–Crippen MR) is 153 cm³/mol. The number of carbonyl (C=O) groups excluding carboxylic acids is 2. The van der Waals surface area contributed by atoms with Crippen LogP contribution < -0.4 is 15.5 Å². The van der Waals surface area contributed by atoms with E-state index in [9.17, 15) is 9.59 Å². The van der Waals surface area contributed by atoms with Crippen LogP contribution in [0.1, 0.15) is 12.7 Å². The van der Waals surface area contributed by atoms with Gasteiger partial charge in [0.05, 0.1) is 34.9 Å². The first-order valence-corrected chi connectivity index (χ1v) is 13.6. The molecular formula is C27H27N5O4S2. The fraction of sp³-hybridized carbons (Fsp3) is 0.222. The Hall–Kier alpha value is -3.67. The van der Waals surface area contributed by atoms with Gasteiger partial charge in [0.1, 0.15) is 17.3 Å². The summed E-state index contributed by atoms with van der Waals surface area (Å²) in [5.74, 6) is 0.253. The first kappa shape index (κ1) is 26.0. The number of anilines is 3. The lowest BCUT2D eigenvalue weighted by atomic mass is 10.2. The van der Waals surface area contributed by atoms with Crippen molar-refractivity contribution in [3.63, 3.8) is 0 Å². The zero-order chi connectivity index (χ0) is 26.6. The molecular weight excluding hydrogens is 522 g/mol. The van der Waals surface area contributed by atoms with Crippen LogP contribution in [-0.2, 0) is 20.9 Å². The van der Waals surface area contributed by atoms with Gasteiger partial charge in [-0.05, 0) is 61.2 Å². The molecule has 0 aliphatic carbocycles. The molecule has 0 radical (unpaired) electrons. The van der Waals surface area contributed by atoms with E-state index >= 15 is 0 Å². The lowest BCUT2D eigenvalue weighted by Gasteiger charge is -2.16. The smallest absolute Gasteiger partial charge is 0.269 e. The summed E-state index contributed by atoms with van der Waals surface area (Å²) in [5, 5.41) is 7.52. The van der Waals surface area contributed by atoms with E-state index in [4.69, 9.17) is 14.1 Å². The maximum Gasteiger partial charge on any atom is 0.269 e. The van der Waals surface area contributed by atoms with Crippen molar-refractivity contribution in [1.82, 2.24) is 4.90 Å². The van der Waals surface area contributed by atoms with Gasteiger partial charge in [-0.3, -0.25) is 14.5 Å². The Bertz CT molecular complexity index is 1420. The molecule has 196 valence electrons. The number of hydrogen-bond donors (Lipinski definition) is 2. The van der Waals surface area contributed by atoms with Crippen molar-refractivity contribution in [2.45, 2.75) is 18.4 Å². The standard InChI is InChI=1S/C27H27N5O4S2/c1-4-28-19-12-11-17(29-23(33)16-35-3)14-20(19)30-27-32(15-18-8-7-13-36-18)25(34)24(38-27)26-31(2)21-9-5-6-10-22(21)37-26/h5-14,28H,4,15-16H2,1-3H3,(H,29,33). The fourth-order valence-corrected chi connectivity index (χ4v) is 6.43. The highest BCUT2D eigenvalue weighted by Crippen LogP contribution is 2.50. The van der Waals surface area contributed by atoms with Gasteiger partial charge >= 0.3 is 0 Å². The quantitative estimate of drug-likeness (QED) is 0.357. The molecule has 2 aliphatic rings. The average molecular weight is 550 g/mol. The van der Waals surface area contributed by atoms with Crippen molar-refractivity contribution in [2.75, 3.05) is 42.8 Å². The van der Waals surface area contributed by atoms with E-state index < -0.39 is 0 Å². The molecule has 38 heavy (non-hydrogen) atoms. The number of aliphatic imine (C=N–C) groups is 1. The number of para-hydroxylation sites is 1. The summed E-state index contributed by atoms with van der Waals surface area (Å²) < 4.78 is 10.5. The second-order valence-electron chi connectivity index (χ2n) is 8.47. The summed E-state index contributed by atoms with van der Waals surface area (Å²) >= 11 is 2.91. The largest absolute Gasteiger partial charge is 0.467 e. The Morgan fingerprint density at radius 2 is 1.97 bits per heavy atom. The van der Waals surface area contributed by atoms with Crippen LogP contribution in [0.4, 0.5) is 22.7 Å². The third kappa shape index (κ3) is 5.31. The molecule has 2 N–H and O–H groups in total. The molecule has 5 rings (SSSR count). The molecule has 11 heteroatoms. The van der Waals surface area contributed by atoms with Crippen LogP contribution in [0.5, 0.6) is 0 Å². The van der Waals surface area contributed by atoms with Crippen molar-refractivity contribution >= 4 is 63.3 Å². The molecule has 3 heterocycles. The van der Waals surface area contributed by atoms with Crippen molar-refractivity contribution in [3.8, 4) is 0 Å². The second kappa shape index (κ2) is 11.4. The number of carbonyl (C=O) groups is 2. The number of furan rings is 1. The lowest BCUT2D eigenvalue weighted by molar-refractivity contribution is -0.123. The zero-order valence-electron chi connectivity index (χ0n) is 21.2. The van der Waals surface area contributed by atoms with Crippen molar-refractivity contribution in [3.05, 3.63) is 76.6 Å². The second-order valence-corrected chi connectivity index (χ2v) is 10.5. The van der Waals surface area contributed by atoms with Gasteiger partial charge in [-0.2, -0.15) is 0 Å². The monoisotopic (exact) mass is 549 g/mol. The lowest BCUT2D eigenvalue weighted by Crippen LogP contribution is -2.29. The number of benzene rings is 2. The minimum Gasteiger partial charge on any atom is -0.467 e. The Kier molecular flexibility index (Phi) is 7.77. The van der Waals surface area contributed by atoms with Crippen molar-refractivity contribution in [1.29, 1.82) is 0 Å². The van der Waals surface area contributed by atoms with Gasteiger partial charge in [0, 0.05) is 31.3 Å². The number of rotatable bonds is 8. The minimum absolute atomic E-state index is 0.0510. The number of amidine groups is 1. The highest BCUT2D eigenvalue weighted by atomic mass is 32.2. The van der Waals surface area contributed by atoms with Crippen molar-refractivity contribution in [2.24, 2.45) is 4.99 Å². The third-order valence-electron chi connectivity index (χ3n) is 5.83. The van der Waals surface area contributed by atoms with Crippen LogP contribution in [0.25, 0.3) is 0 Å². The van der Waals surface area contributed by atoms with Gasteiger partial charge in [-0.1, -0.05) is 23.9 Å². The molecule has 0 bridgehead atoms. The van der Waals surface area contributed by atoms with Gasteiger partial charge in [0.15, 0.2) is 5.17 Å². The molecule has 9 nitrogen and oxygen atoms in total. The molecule has 3 aromatic rings. The van der Waals surface area contributed by atoms with Crippen molar-refractivity contribution < 1.29 is 18.7 Å². The Morgan fingerprint density at radius 3 is 2.71 bits per heavy atom. The van der Waals surface area contributed by atoms with E-state index in [1.54, 1.807) is 41.1 Å². The van der Waals surface area contributed by atoms with Crippen LogP contribution >= 0.6 is 23.5 Å². The summed E-state index contributed by atoms with van der Waals surface area (Å²) in [4.78, 5) is 36.2. The molecule has 0 spiro atoms. The number of thioether (sulfide) groups is 2. The zero-order valence-corrected chi connectivity index (χ0v) is 22.8. The first-order valence-electron chi connectivity index (χ1n) is 12.0. The fourth-order valence-electron chi connectivity index (χ4n) is 4.09. The molecule has 1 fully saturated rings. The number of fused-ring (bicyclic) bond motifs is 1. The van der Waals surface area contributed by atoms with E-state index in [0.29, 0.717) is 33.8 Å². The molecule has 2 aliphatic heterocycles. The Morgan fingerprint density at radius 1 is 1.13 bits per heavy atom. The van der Waals surface area contributed by atoms with E-state index in [1.165, 1.54) is 18.9 Å². The SMILES string of the molecule is CCNc1ccc(NC(=O)COC)cc1N=C1SC(=C2Sc3ccccc3N2C)C(=O)N1Cc1ccco1. The highest BCUT2D eigenvalue weighted by Gasteiger charge is 2.39. The normalized spacial score (nSPS) is 17.9. The van der Waals surface area contributed by atoms with Gasteiger partial charge in [-0.15, -0.1) is 0 Å². The Balaban J connectivity index is 1.55. The molecule has 0 atom stereocenters. The van der Waals surface area contributed by atoms with Crippen LogP contribution in [0, 0.1) is 0 Å². The predicted octanol–water partition coefficient (Wildman–Crippen LogP) is 5.47. The van der Waals surface area contributed by atoms with E-state index in [0.717, 1.165) is 21.3 Å². The molecule has 0 unspecified atom stereocenters. The summed E-state index contributed by atoms with van der Waals surface area (Å²) in [6.07, 6.45) is 1.59. The van der Waals surface area contributed by atoms with Gasteiger partial charge in [0.2, 0.25) is 5.91 Å². The number of nitrogens with one attached hydrogen (secondary N) is 2. The number of hydrogen-bond acceptors (Lipinski definition) is 9. The topological polar surface area (TPSA) is 99.4 Å². The third-order valence-corrected chi connectivity index (χ3v) is 8.26. The Labute approximate surface area is 229 Å². The number of ether oxygens (including phenoxy) is 1. The van der Waals surface area contributed by atoms with Gasteiger partial charge in [-0.25, -0.2) is 4.99 Å². The highest BCUT2D eigenvalue weighted by molar-refractivity contribution is 8.19. The number of amides is 2. The number of nitrogens with zero attached hydrogens (tertiary/aromatic N) is 3. The van der Waals surface area contributed by atoms with Gasteiger partial charge in [0.25, 0.3) is 5.91 Å². The minimum atomic E-state index is -0.264. The average Bonchev–Trinajstić information content (AvgIpc) is 3.61. The van der Waals surface area contributed by atoms with E-state index in [1.807, 2.05) is 49.2 Å². The molecule has 1 saturated heterocycles. The van der Waals surface area contributed by atoms with E-state index in [-0.39, 0.29) is 25.0 Å². The van der Waals surface area contributed by atoms with Crippen LogP contribution in [0.2, 0.25) is 0 Å². The molecule has 2 amide bonds. The maximum atomic E-state index is 13.8. The van der Waals surface area contributed by atoms with Crippen LogP contribution in [0.3, 0.4) is 0 Å². The molecule has 1 aromatic heterocycles. The maximum absolute atomic E-state index is 13.8.